The van der Waals surface area contributed by atoms with Crippen molar-refractivity contribution in [2.24, 2.45) is 0 Å². The predicted octanol–water partition coefficient (Wildman–Crippen LogP) is 0.328. The maximum atomic E-state index is 10.8. The molecule has 1 aromatic carbocycles. The molecule has 4 heteroatoms. The van der Waals surface area contributed by atoms with Crippen LogP contribution in [0.3, 0.4) is 0 Å². The molecule has 1 aromatic rings. The lowest BCUT2D eigenvalue weighted by molar-refractivity contribution is 0.0535. The van der Waals surface area contributed by atoms with Gasteiger partial charge in [-0.2, -0.15) is 0 Å². The second kappa shape index (κ2) is 5.36. The van der Waals surface area contributed by atoms with Gasteiger partial charge in [0.15, 0.2) is 0 Å². The zero-order valence-corrected chi connectivity index (χ0v) is 7.64. The Labute approximate surface area is 81.8 Å². The van der Waals surface area contributed by atoms with Crippen LogP contribution in [0.15, 0.2) is 24.3 Å². The highest BCUT2D eigenvalue weighted by Gasteiger charge is 2.18. The number of aliphatic hydroxyl groups excluding tert-OH is 2. The molecule has 0 saturated carbocycles. The number of hydrogen-bond donors (Lipinski definition) is 2. The van der Waals surface area contributed by atoms with Crippen LogP contribution in [0.2, 0.25) is 0 Å². The number of rotatable bonds is 1. The Balaban J connectivity index is 0.000000213. The van der Waals surface area contributed by atoms with Crippen LogP contribution in [0.4, 0.5) is 0 Å². The van der Waals surface area contributed by atoms with Crippen molar-refractivity contribution >= 4 is 5.97 Å². The Kier molecular flexibility index (Phi) is 4.10. The predicted molar refractivity (Wildman–Crippen MR) is 49.7 cm³/mol. The molecule has 0 radical (unpaired) electrons. The molecule has 1 aliphatic heterocycles. The molecule has 0 aliphatic carbocycles. The van der Waals surface area contributed by atoms with Gasteiger partial charge in [-0.05, 0) is 6.07 Å². The van der Waals surface area contributed by atoms with Crippen LogP contribution < -0.4 is 0 Å². The average molecular weight is 196 g/mol. The summed E-state index contributed by atoms with van der Waals surface area (Å²) in [5.41, 5.74) is 1.70. The fraction of sp³-hybridized carbons (Fsp3) is 0.300. The van der Waals surface area contributed by atoms with Gasteiger partial charge in [0, 0.05) is 5.56 Å². The standard InChI is InChI=1S/C8H6O2.C2H6O2/c9-8-7-4-2-1-3-6(7)5-10-8;3-1-2-4/h1-4H,5H2;3-4H,1-2H2. The first-order valence-corrected chi connectivity index (χ1v) is 4.26. The maximum absolute atomic E-state index is 10.8. The van der Waals surface area contributed by atoms with Crippen molar-refractivity contribution in [3.63, 3.8) is 0 Å². The first-order valence-electron chi connectivity index (χ1n) is 4.26. The average Bonchev–Trinajstić information content (AvgIpc) is 2.62. The summed E-state index contributed by atoms with van der Waals surface area (Å²) in [6.45, 7) is 0.189. The van der Waals surface area contributed by atoms with E-state index in [4.69, 9.17) is 14.9 Å². The van der Waals surface area contributed by atoms with Gasteiger partial charge in [-0.15, -0.1) is 0 Å². The third-order valence-corrected chi connectivity index (χ3v) is 1.70. The molecule has 0 amide bonds. The van der Waals surface area contributed by atoms with Gasteiger partial charge in [-0.25, -0.2) is 4.79 Å². The van der Waals surface area contributed by atoms with E-state index in [1.54, 1.807) is 6.07 Å². The molecule has 0 saturated heterocycles. The number of carbonyl (C=O) groups excluding carboxylic acids is 1. The largest absolute Gasteiger partial charge is 0.457 e. The Hall–Kier alpha value is -1.39. The van der Waals surface area contributed by atoms with Gasteiger partial charge in [0.05, 0.1) is 18.8 Å². The van der Waals surface area contributed by atoms with Gasteiger partial charge >= 0.3 is 5.97 Å². The van der Waals surface area contributed by atoms with Crippen molar-refractivity contribution in [2.45, 2.75) is 6.61 Å². The smallest absolute Gasteiger partial charge is 0.338 e. The van der Waals surface area contributed by atoms with Crippen molar-refractivity contribution < 1.29 is 19.7 Å². The number of carbonyl (C=O) groups is 1. The summed E-state index contributed by atoms with van der Waals surface area (Å²) in [5.74, 6) is -0.199. The maximum Gasteiger partial charge on any atom is 0.338 e. The lowest BCUT2D eigenvalue weighted by Crippen LogP contribution is -1.91. The third kappa shape index (κ3) is 2.55. The molecule has 0 unspecified atom stereocenters. The first kappa shape index (κ1) is 10.7. The molecule has 0 atom stereocenters. The normalized spacial score (nSPS) is 12.6. The van der Waals surface area contributed by atoms with Crippen LogP contribution in [-0.2, 0) is 11.3 Å². The van der Waals surface area contributed by atoms with Crippen LogP contribution >= 0.6 is 0 Å². The van der Waals surface area contributed by atoms with Gasteiger partial charge < -0.3 is 14.9 Å². The highest BCUT2D eigenvalue weighted by molar-refractivity contribution is 5.93. The van der Waals surface area contributed by atoms with E-state index < -0.39 is 0 Å². The Morgan fingerprint density at radius 3 is 2.43 bits per heavy atom. The summed E-state index contributed by atoms with van der Waals surface area (Å²) in [5, 5.41) is 15.2. The van der Waals surface area contributed by atoms with Crippen LogP contribution in [0.5, 0.6) is 0 Å². The minimum absolute atomic E-state index is 0.125. The zero-order chi connectivity index (χ0) is 10.4. The molecular formula is C10H12O4. The topological polar surface area (TPSA) is 66.8 Å². The number of benzene rings is 1. The molecule has 0 fully saturated rings. The summed E-state index contributed by atoms with van der Waals surface area (Å²) in [7, 11) is 0. The molecule has 2 rings (SSSR count). The fourth-order valence-corrected chi connectivity index (χ4v) is 1.07. The summed E-state index contributed by atoms with van der Waals surface area (Å²) in [6.07, 6.45) is 0. The number of cyclic esters (lactones) is 1. The molecule has 1 heterocycles. The molecule has 0 spiro atoms. The van der Waals surface area contributed by atoms with E-state index in [0.29, 0.717) is 12.2 Å². The number of ether oxygens (including phenoxy) is 1. The van der Waals surface area contributed by atoms with Crippen molar-refractivity contribution in [1.29, 1.82) is 0 Å². The highest BCUT2D eigenvalue weighted by atomic mass is 16.5. The molecule has 1 aliphatic rings. The third-order valence-electron chi connectivity index (χ3n) is 1.70. The van der Waals surface area contributed by atoms with Crippen LogP contribution in [0.25, 0.3) is 0 Å². The molecule has 0 aromatic heterocycles. The number of fused-ring (bicyclic) bond motifs is 1. The Morgan fingerprint density at radius 2 is 1.86 bits per heavy atom. The number of esters is 1. The lowest BCUT2D eigenvalue weighted by Gasteiger charge is -1.87. The minimum atomic E-state index is -0.199. The molecule has 76 valence electrons. The van der Waals surface area contributed by atoms with E-state index in [2.05, 4.69) is 0 Å². The highest BCUT2D eigenvalue weighted by Crippen LogP contribution is 2.17. The van der Waals surface area contributed by atoms with Crippen LogP contribution in [0.1, 0.15) is 15.9 Å². The minimum Gasteiger partial charge on any atom is -0.457 e. The van der Waals surface area contributed by atoms with E-state index in [-0.39, 0.29) is 19.2 Å². The van der Waals surface area contributed by atoms with E-state index in [1.807, 2.05) is 18.2 Å². The van der Waals surface area contributed by atoms with Crippen molar-refractivity contribution in [2.75, 3.05) is 13.2 Å². The van der Waals surface area contributed by atoms with Crippen molar-refractivity contribution in [1.82, 2.24) is 0 Å². The van der Waals surface area contributed by atoms with Crippen molar-refractivity contribution in [3.8, 4) is 0 Å². The Bertz CT molecular complexity index is 307. The first-order chi connectivity index (χ1) is 6.79. The van der Waals surface area contributed by atoms with E-state index in [9.17, 15) is 4.79 Å². The molecular weight excluding hydrogens is 184 g/mol. The van der Waals surface area contributed by atoms with Crippen molar-refractivity contribution in [3.05, 3.63) is 35.4 Å². The summed E-state index contributed by atoms with van der Waals surface area (Å²) in [6, 6.07) is 7.43. The van der Waals surface area contributed by atoms with Crippen LogP contribution in [0, 0.1) is 0 Å². The quantitative estimate of drug-likeness (QED) is 0.635. The van der Waals surface area contributed by atoms with Gasteiger partial charge in [0.25, 0.3) is 0 Å². The lowest BCUT2D eigenvalue weighted by atomic mass is 10.1. The monoisotopic (exact) mass is 196 g/mol. The summed E-state index contributed by atoms with van der Waals surface area (Å²) < 4.78 is 4.78. The molecule has 2 N–H and O–H groups in total. The van der Waals surface area contributed by atoms with Crippen LogP contribution in [-0.4, -0.2) is 29.4 Å². The Morgan fingerprint density at radius 1 is 1.21 bits per heavy atom. The van der Waals surface area contributed by atoms with E-state index in [1.165, 1.54) is 0 Å². The summed E-state index contributed by atoms with van der Waals surface area (Å²) in [4.78, 5) is 10.8. The molecule has 4 nitrogen and oxygen atoms in total. The van der Waals surface area contributed by atoms with Gasteiger partial charge in [0.1, 0.15) is 6.61 Å². The summed E-state index contributed by atoms with van der Waals surface area (Å²) >= 11 is 0. The second-order valence-corrected chi connectivity index (χ2v) is 2.68. The number of aliphatic hydroxyl groups is 2. The SMILES string of the molecule is O=C1OCc2ccccc21.OCCO. The molecule has 0 bridgehead atoms. The zero-order valence-electron chi connectivity index (χ0n) is 7.64. The van der Waals surface area contributed by atoms with E-state index >= 15 is 0 Å². The fourth-order valence-electron chi connectivity index (χ4n) is 1.07. The van der Waals surface area contributed by atoms with E-state index in [0.717, 1.165) is 5.56 Å². The van der Waals surface area contributed by atoms with Gasteiger partial charge in [-0.3, -0.25) is 0 Å². The molecule has 14 heavy (non-hydrogen) atoms. The van der Waals surface area contributed by atoms with Gasteiger partial charge in [0.2, 0.25) is 0 Å². The second-order valence-electron chi connectivity index (χ2n) is 2.68. The number of hydrogen-bond acceptors (Lipinski definition) is 4. The van der Waals surface area contributed by atoms with Gasteiger partial charge in [-0.1, -0.05) is 18.2 Å².